The van der Waals surface area contributed by atoms with Crippen molar-refractivity contribution in [3.63, 3.8) is 0 Å². The Morgan fingerprint density at radius 2 is 2.17 bits per heavy atom. The van der Waals surface area contributed by atoms with Gasteiger partial charge in [0, 0.05) is 30.9 Å². The molecule has 1 atom stereocenters. The van der Waals surface area contributed by atoms with Crippen molar-refractivity contribution < 1.29 is 0 Å². The highest BCUT2D eigenvalue weighted by molar-refractivity contribution is 5.66. The molecule has 23 heavy (non-hydrogen) atoms. The standard InChI is InChI=1S/C19H26N4/c1-3-5-17(14-7-8-14)23-11-4-6-15-12-16(9-10-18(15)23)19-20-13-22(2)21-19/h9-10,12-14,17H,3-8,11H2,1-2H3. The molecule has 2 aliphatic rings. The summed E-state index contributed by atoms with van der Waals surface area (Å²) in [5, 5.41) is 4.44. The fraction of sp³-hybridized carbons (Fsp3) is 0.579. The quantitative estimate of drug-likeness (QED) is 0.842. The number of anilines is 1. The summed E-state index contributed by atoms with van der Waals surface area (Å²) in [6.45, 7) is 3.53. The SMILES string of the molecule is CCCC(C1CC1)N1CCCc2cc(-c3ncn(C)n3)ccc21. The van der Waals surface area contributed by atoms with Crippen LogP contribution in [0.25, 0.3) is 11.4 Å². The second-order valence-electron chi connectivity index (χ2n) is 7.08. The van der Waals surface area contributed by atoms with Crippen molar-refractivity contribution in [2.24, 2.45) is 13.0 Å². The maximum atomic E-state index is 4.44. The Bertz CT molecular complexity index is 686. The Kier molecular flexibility index (Phi) is 3.83. The van der Waals surface area contributed by atoms with Crippen molar-refractivity contribution in [2.45, 2.75) is 51.5 Å². The van der Waals surface area contributed by atoms with Gasteiger partial charge in [0.15, 0.2) is 5.82 Å². The lowest BCUT2D eigenvalue weighted by Gasteiger charge is -2.38. The predicted molar refractivity (Wildman–Crippen MR) is 93.5 cm³/mol. The largest absolute Gasteiger partial charge is 0.368 e. The van der Waals surface area contributed by atoms with Crippen LogP contribution in [0.4, 0.5) is 5.69 Å². The molecule has 0 radical (unpaired) electrons. The van der Waals surface area contributed by atoms with Gasteiger partial charge in [-0.2, -0.15) is 5.10 Å². The van der Waals surface area contributed by atoms with E-state index in [4.69, 9.17) is 0 Å². The number of hydrogen-bond donors (Lipinski definition) is 0. The third kappa shape index (κ3) is 2.87. The van der Waals surface area contributed by atoms with Gasteiger partial charge >= 0.3 is 0 Å². The first-order valence-electron chi connectivity index (χ1n) is 9.02. The van der Waals surface area contributed by atoms with Crippen LogP contribution in [0.3, 0.4) is 0 Å². The van der Waals surface area contributed by atoms with Crippen LogP contribution in [-0.2, 0) is 13.5 Å². The Balaban J connectivity index is 1.65. The number of nitrogens with zero attached hydrogens (tertiary/aromatic N) is 4. The van der Waals surface area contributed by atoms with Crippen molar-refractivity contribution >= 4 is 5.69 Å². The van der Waals surface area contributed by atoms with Crippen molar-refractivity contribution in [3.8, 4) is 11.4 Å². The van der Waals surface area contributed by atoms with E-state index in [0.29, 0.717) is 0 Å². The van der Waals surface area contributed by atoms with E-state index < -0.39 is 0 Å². The zero-order valence-electron chi connectivity index (χ0n) is 14.2. The van der Waals surface area contributed by atoms with Gasteiger partial charge in [-0.15, -0.1) is 0 Å². The van der Waals surface area contributed by atoms with E-state index >= 15 is 0 Å². The highest BCUT2D eigenvalue weighted by atomic mass is 15.3. The molecular formula is C19H26N4. The molecule has 122 valence electrons. The Morgan fingerprint density at radius 3 is 2.87 bits per heavy atom. The summed E-state index contributed by atoms with van der Waals surface area (Å²) < 4.78 is 1.77. The molecule has 4 rings (SSSR count). The van der Waals surface area contributed by atoms with Gasteiger partial charge in [-0.3, -0.25) is 4.68 Å². The molecule has 1 saturated carbocycles. The van der Waals surface area contributed by atoms with Crippen molar-refractivity contribution in [1.82, 2.24) is 14.8 Å². The lowest BCUT2D eigenvalue weighted by Crippen LogP contribution is -2.40. The number of aryl methyl sites for hydroxylation is 2. The Hall–Kier alpha value is -1.84. The van der Waals surface area contributed by atoms with Crippen molar-refractivity contribution in [1.29, 1.82) is 0 Å². The third-order valence-corrected chi connectivity index (χ3v) is 5.24. The van der Waals surface area contributed by atoms with Gasteiger partial charge in [-0.05, 0) is 61.8 Å². The summed E-state index contributed by atoms with van der Waals surface area (Å²) in [5.41, 5.74) is 4.08. The summed E-state index contributed by atoms with van der Waals surface area (Å²) in [4.78, 5) is 7.10. The van der Waals surface area contributed by atoms with Crippen molar-refractivity contribution in [3.05, 3.63) is 30.1 Å². The van der Waals surface area contributed by atoms with Gasteiger partial charge in [0.2, 0.25) is 0 Å². The average Bonchev–Trinajstić information content (AvgIpc) is 3.32. The first kappa shape index (κ1) is 14.7. The second kappa shape index (κ2) is 5.99. The number of benzene rings is 1. The van der Waals surface area contributed by atoms with E-state index in [9.17, 15) is 0 Å². The van der Waals surface area contributed by atoms with Gasteiger partial charge < -0.3 is 4.90 Å². The van der Waals surface area contributed by atoms with Gasteiger partial charge in [0.25, 0.3) is 0 Å². The summed E-state index contributed by atoms with van der Waals surface area (Å²) >= 11 is 0. The molecule has 0 spiro atoms. The number of fused-ring (bicyclic) bond motifs is 1. The first-order valence-corrected chi connectivity index (χ1v) is 9.02. The number of aromatic nitrogens is 3. The fourth-order valence-corrected chi connectivity index (χ4v) is 4.00. The highest BCUT2D eigenvalue weighted by Crippen LogP contribution is 2.42. The van der Waals surface area contributed by atoms with Gasteiger partial charge in [0.05, 0.1) is 0 Å². The maximum Gasteiger partial charge on any atom is 0.181 e. The van der Waals surface area contributed by atoms with E-state index in [-0.39, 0.29) is 0 Å². The van der Waals surface area contributed by atoms with Crippen LogP contribution >= 0.6 is 0 Å². The van der Waals surface area contributed by atoms with E-state index in [1.165, 1.54) is 56.3 Å². The molecule has 1 aliphatic heterocycles. The summed E-state index contributed by atoms with van der Waals surface area (Å²) in [6.07, 6.45) is 9.66. The van der Waals surface area contributed by atoms with Gasteiger partial charge in [-0.1, -0.05) is 13.3 Å². The normalized spacial score (nSPS) is 18.8. The molecule has 1 aromatic carbocycles. The topological polar surface area (TPSA) is 34.0 Å². The molecular weight excluding hydrogens is 284 g/mol. The lowest BCUT2D eigenvalue weighted by molar-refractivity contribution is 0.477. The lowest BCUT2D eigenvalue weighted by atomic mass is 9.95. The monoisotopic (exact) mass is 310 g/mol. The average molecular weight is 310 g/mol. The zero-order chi connectivity index (χ0) is 15.8. The van der Waals surface area contributed by atoms with E-state index in [1.807, 2.05) is 7.05 Å². The Labute approximate surface area is 138 Å². The highest BCUT2D eigenvalue weighted by Gasteiger charge is 2.36. The third-order valence-electron chi connectivity index (χ3n) is 5.24. The Morgan fingerprint density at radius 1 is 1.30 bits per heavy atom. The van der Waals surface area contributed by atoms with Gasteiger partial charge in [0.1, 0.15) is 6.33 Å². The molecule has 1 fully saturated rings. The molecule has 0 bridgehead atoms. The first-order chi connectivity index (χ1) is 11.3. The fourth-order valence-electron chi connectivity index (χ4n) is 4.00. The number of hydrogen-bond acceptors (Lipinski definition) is 3. The summed E-state index contributed by atoms with van der Waals surface area (Å²) in [7, 11) is 1.92. The molecule has 0 amide bonds. The smallest absolute Gasteiger partial charge is 0.181 e. The van der Waals surface area contributed by atoms with E-state index in [0.717, 1.165) is 23.3 Å². The van der Waals surface area contributed by atoms with Crippen LogP contribution in [0.2, 0.25) is 0 Å². The molecule has 1 aromatic heterocycles. The molecule has 2 aromatic rings. The zero-order valence-corrected chi connectivity index (χ0v) is 14.2. The maximum absolute atomic E-state index is 4.44. The van der Waals surface area contributed by atoms with Gasteiger partial charge in [-0.25, -0.2) is 4.98 Å². The minimum atomic E-state index is 0.748. The van der Waals surface area contributed by atoms with Crippen LogP contribution < -0.4 is 4.90 Å². The minimum Gasteiger partial charge on any atom is -0.368 e. The summed E-state index contributed by atoms with van der Waals surface area (Å²) in [6, 6.07) is 7.57. The van der Waals surface area contributed by atoms with Crippen LogP contribution in [0.15, 0.2) is 24.5 Å². The summed E-state index contributed by atoms with van der Waals surface area (Å²) in [5.74, 6) is 1.76. The second-order valence-corrected chi connectivity index (χ2v) is 7.08. The van der Waals surface area contributed by atoms with Crippen LogP contribution in [0.1, 0.15) is 44.6 Å². The van der Waals surface area contributed by atoms with Crippen molar-refractivity contribution in [2.75, 3.05) is 11.4 Å². The predicted octanol–water partition coefficient (Wildman–Crippen LogP) is 3.81. The number of rotatable bonds is 5. The van der Waals surface area contributed by atoms with Crippen LogP contribution in [0.5, 0.6) is 0 Å². The van der Waals surface area contributed by atoms with E-state index in [1.54, 1.807) is 11.0 Å². The molecule has 0 saturated heterocycles. The molecule has 4 nitrogen and oxygen atoms in total. The molecule has 4 heteroatoms. The minimum absolute atomic E-state index is 0.748. The molecule has 0 N–H and O–H groups in total. The molecule has 1 aliphatic carbocycles. The van der Waals surface area contributed by atoms with Crippen LogP contribution in [-0.4, -0.2) is 27.4 Å². The molecule has 2 heterocycles. The van der Waals surface area contributed by atoms with Crippen LogP contribution in [0, 0.1) is 5.92 Å². The van der Waals surface area contributed by atoms with E-state index in [2.05, 4.69) is 40.1 Å². The molecule has 1 unspecified atom stereocenters.